The molecule has 8 bridgehead atoms. The van der Waals surface area contributed by atoms with Gasteiger partial charge in [-0.15, -0.1) is 0 Å². The van der Waals surface area contributed by atoms with Crippen molar-refractivity contribution in [2.45, 2.75) is 41.5 Å². The molecule has 2 aromatic heterocycles. The molecular formula is C48H42N6. The van der Waals surface area contributed by atoms with E-state index in [2.05, 4.69) is 136 Å². The van der Waals surface area contributed by atoms with Gasteiger partial charge in [0.25, 0.3) is 0 Å². The standard InChI is InChI=1S/C48H42N6/c1-25-19-27(3)43(28(4)20-25)45-39-17-15-37(51-39)42-24-36(32-9-13-34(50)14-10-32)48(54-42)46(44-29(5)21-26(2)22-30(44)6)40-18-16-38(52-40)41-23-35(47(45)53-41)31-7-11-33(49)12-8-31/h7-24,53-54H,49-50H2,1-6H3. The second kappa shape index (κ2) is 12.5. The van der Waals surface area contributed by atoms with Crippen molar-refractivity contribution >= 4 is 33.9 Å². The van der Waals surface area contributed by atoms with E-state index in [1.54, 1.807) is 0 Å². The lowest BCUT2D eigenvalue weighted by Gasteiger charge is -2.18. The topological polar surface area (TPSA) is 108 Å². The summed E-state index contributed by atoms with van der Waals surface area (Å²) < 4.78 is 0. The first-order valence-electron chi connectivity index (χ1n) is 18.4. The van der Waals surface area contributed by atoms with Crippen LogP contribution in [0.15, 0.2) is 131 Å². The summed E-state index contributed by atoms with van der Waals surface area (Å²) in [7, 11) is 0. The van der Waals surface area contributed by atoms with Crippen LogP contribution in [0.5, 0.6) is 0 Å². The average Bonchev–Trinajstić information content (AvgIpc) is 3.95. The van der Waals surface area contributed by atoms with E-state index in [0.717, 1.165) is 101 Å². The zero-order valence-electron chi connectivity index (χ0n) is 31.4. The molecule has 0 atom stereocenters. The van der Waals surface area contributed by atoms with Crippen LogP contribution in [0.3, 0.4) is 0 Å². The minimum Gasteiger partial charge on any atom is -0.399 e. The highest BCUT2D eigenvalue weighted by Gasteiger charge is 2.29. The molecule has 6 heteroatoms. The van der Waals surface area contributed by atoms with E-state index in [0.29, 0.717) is 0 Å². The van der Waals surface area contributed by atoms with E-state index in [1.807, 2.05) is 24.3 Å². The lowest BCUT2D eigenvalue weighted by Crippen LogP contribution is -2.03. The Balaban J connectivity index is 1.41. The third-order valence-electron chi connectivity index (χ3n) is 10.8. The number of allylic oxidation sites excluding steroid dienone is 4. The summed E-state index contributed by atoms with van der Waals surface area (Å²) in [5.74, 6) is 0. The van der Waals surface area contributed by atoms with Gasteiger partial charge in [-0.25, -0.2) is 9.98 Å². The maximum absolute atomic E-state index is 6.19. The Morgan fingerprint density at radius 2 is 0.796 bits per heavy atom. The summed E-state index contributed by atoms with van der Waals surface area (Å²) in [5.41, 5.74) is 37.0. The highest BCUT2D eigenvalue weighted by atomic mass is 14.9. The monoisotopic (exact) mass is 702 g/mol. The molecule has 6 aromatic rings. The molecular weight excluding hydrogens is 661 g/mol. The van der Waals surface area contributed by atoms with Gasteiger partial charge in [0.1, 0.15) is 0 Å². The Hall–Kier alpha value is -6.66. The molecule has 0 fully saturated rings. The smallest absolute Gasteiger partial charge is 0.0873 e. The van der Waals surface area contributed by atoms with Crippen LogP contribution in [0.1, 0.15) is 67.3 Å². The second-order valence-electron chi connectivity index (χ2n) is 14.9. The predicted molar refractivity (Wildman–Crippen MR) is 226 cm³/mol. The second-order valence-corrected chi connectivity index (χ2v) is 14.9. The van der Waals surface area contributed by atoms with Gasteiger partial charge < -0.3 is 21.4 Å². The van der Waals surface area contributed by atoms with Gasteiger partial charge in [0, 0.05) is 33.6 Å². The number of rotatable bonds is 4. The van der Waals surface area contributed by atoms with Crippen molar-refractivity contribution < 1.29 is 0 Å². The number of hydrogen-bond acceptors (Lipinski definition) is 4. The Labute approximate surface area is 316 Å². The fourth-order valence-corrected chi connectivity index (χ4v) is 8.57. The first kappa shape index (κ1) is 33.2. The number of benzene rings is 4. The third-order valence-corrected chi connectivity index (χ3v) is 10.8. The van der Waals surface area contributed by atoms with Gasteiger partial charge in [-0.3, -0.25) is 0 Å². The number of nitrogens with zero attached hydrogens (tertiary/aromatic N) is 2. The van der Waals surface area contributed by atoms with Gasteiger partial charge in [-0.1, -0.05) is 59.7 Å². The SMILES string of the molecule is Cc1cc(C)c(C2=C3C=CC(=N3)c3cc(-c4ccc(N)cc4)c([nH]3)C(c3c(C)cc(C)cc3C)=C3C=CC(=N3)c3cc(-c4ccc(N)cc4)c2[nH]3)c(C)c1. The molecule has 6 nitrogen and oxygen atoms in total. The van der Waals surface area contributed by atoms with Crippen molar-refractivity contribution in [1.82, 2.24) is 9.97 Å². The molecule has 0 radical (unpaired) electrons. The average molecular weight is 703 g/mol. The number of nitrogens with one attached hydrogen (secondary N) is 2. The van der Waals surface area contributed by atoms with Crippen molar-refractivity contribution in [2.24, 2.45) is 9.98 Å². The number of H-pyrrole nitrogens is 2. The van der Waals surface area contributed by atoms with Gasteiger partial charge in [0.2, 0.25) is 0 Å². The number of nitrogen functional groups attached to an aromatic ring is 2. The van der Waals surface area contributed by atoms with E-state index in [1.165, 1.54) is 33.4 Å². The molecule has 0 saturated heterocycles. The van der Waals surface area contributed by atoms with Gasteiger partial charge in [-0.2, -0.15) is 0 Å². The Bertz CT molecular complexity index is 2510. The first-order chi connectivity index (χ1) is 26.0. The van der Waals surface area contributed by atoms with Gasteiger partial charge >= 0.3 is 0 Å². The van der Waals surface area contributed by atoms with E-state index < -0.39 is 0 Å². The van der Waals surface area contributed by atoms with E-state index in [9.17, 15) is 0 Å². The highest BCUT2D eigenvalue weighted by Crippen LogP contribution is 2.44. The molecule has 0 amide bonds. The van der Waals surface area contributed by atoms with Crippen LogP contribution >= 0.6 is 0 Å². The van der Waals surface area contributed by atoms with Crippen LogP contribution in [-0.4, -0.2) is 21.4 Å². The summed E-state index contributed by atoms with van der Waals surface area (Å²) in [5, 5.41) is 0. The number of fused-ring (bicyclic) bond motifs is 8. The zero-order valence-corrected chi connectivity index (χ0v) is 31.4. The minimum absolute atomic E-state index is 0.724. The molecule has 3 aliphatic rings. The largest absolute Gasteiger partial charge is 0.399 e. The van der Waals surface area contributed by atoms with Crippen LogP contribution in [0.4, 0.5) is 11.4 Å². The van der Waals surface area contributed by atoms with Crippen molar-refractivity contribution in [1.29, 1.82) is 0 Å². The lowest BCUT2D eigenvalue weighted by atomic mass is 9.88. The van der Waals surface area contributed by atoms with Crippen LogP contribution in [0.25, 0.3) is 33.4 Å². The fraction of sp³-hybridized carbons (Fsp3) is 0.125. The molecule has 6 N–H and O–H groups in total. The fourth-order valence-electron chi connectivity index (χ4n) is 8.57. The Kier molecular flexibility index (Phi) is 7.68. The highest BCUT2D eigenvalue weighted by molar-refractivity contribution is 6.15. The maximum Gasteiger partial charge on any atom is 0.0873 e. The number of hydrogen-bond donors (Lipinski definition) is 4. The molecule has 0 spiro atoms. The zero-order chi connectivity index (χ0) is 37.4. The van der Waals surface area contributed by atoms with Crippen LogP contribution in [-0.2, 0) is 0 Å². The molecule has 264 valence electrons. The minimum atomic E-state index is 0.724. The molecule has 0 saturated carbocycles. The summed E-state index contributed by atoms with van der Waals surface area (Å²) >= 11 is 0. The Morgan fingerprint density at radius 3 is 1.15 bits per heavy atom. The van der Waals surface area contributed by atoms with Gasteiger partial charge in [0.15, 0.2) is 0 Å². The van der Waals surface area contributed by atoms with Gasteiger partial charge in [0.05, 0.1) is 45.6 Å². The molecule has 4 aromatic carbocycles. The molecule has 0 aliphatic carbocycles. The van der Waals surface area contributed by atoms with E-state index >= 15 is 0 Å². The number of aromatic nitrogens is 2. The Morgan fingerprint density at radius 1 is 0.444 bits per heavy atom. The van der Waals surface area contributed by atoms with Crippen molar-refractivity contribution in [3.8, 4) is 22.3 Å². The van der Waals surface area contributed by atoms with Crippen LogP contribution in [0.2, 0.25) is 0 Å². The number of aryl methyl sites for hydroxylation is 6. The summed E-state index contributed by atoms with van der Waals surface area (Å²) in [6, 6.07) is 29.7. The van der Waals surface area contributed by atoms with E-state index in [-0.39, 0.29) is 0 Å². The summed E-state index contributed by atoms with van der Waals surface area (Å²) in [6.07, 6.45) is 8.56. The van der Waals surface area contributed by atoms with Crippen molar-refractivity contribution in [3.05, 3.63) is 188 Å². The van der Waals surface area contributed by atoms with Crippen LogP contribution < -0.4 is 11.5 Å². The third kappa shape index (κ3) is 5.50. The molecule has 54 heavy (non-hydrogen) atoms. The predicted octanol–water partition coefficient (Wildman–Crippen LogP) is 10.6. The van der Waals surface area contributed by atoms with E-state index in [4.69, 9.17) is 21.5 Å². The van der Waals surface area contributed by atoms with Crippen molar-refractivity contribution in [3.63, 3.8) is 0 Å². The number of nitrogens with two attached hydrogens (primary N) is 2. The van der Waals surface area contributed by atoms with Crippen LogP contribution in [0, 0.1) is 41.5 Å². The van der Waals surface area contributed by atoms with Crippen molar-refractivity contribution in [2.75, 3.05) is 11.5 Å². The molecule has 3 aliphatic heterocycles. The summed E-state index contributed by atoms with van der Waals surface area (Å²) in [6.45, 7) is 13.1. The lowest BCUT2D eigenvalue weighted by molar-refractivity contribution is 1.23. The molecule has 9 rings (SSSR count). The quantitative estimate of drug-likeness (QED) is 0.137. The summed E-state index contributed by atoms with van der Waals surface area (Å²) in [4.78, 5) is 18.7. The number of aliphatic imine (C=N–C) groups is 2. The van der Waals surface area contributed by atoms with Gasteiger partial charge in [-0.05, 0) is 147 Å². The molecule has 5 heterocycles. The molecule has 0 unspecified atom stereocenters. The number of anilines is 2. The number of aromatic amines is 2. The first-order valence-corrected chi connectivity index (χ1v) is 18.4. The normalized spacial score (nSPS) is 14.6. The maximum atomic E-state index is 6.19.